The molecule has 4 rings (SSSR count). The third-order valence-electron chi connectivity index (χ3n) is 5.95. The molecule has 1 saturated heterocycles. The molecule has 2 aromatic rings. The topological polar surface area (TPSA) is 70.7 Å². The number of amides is 1. The number of likely N-dealkylation sites (tertiary alicyclic amines) is 1. The Morgan fingerprint density at radius 1 is 1.38 bits per heavy atom. The maximum atomic E-state index is 13.0. The molecule has 1 aliphatic carbocycles. The van der Waals surface area contributed by atoms with Gasteiger partial charge in [-0.2, -0.15) is 5.10 Å². The highest BCUT2D eigenvalue weighted by molar-refractivity contribution is 5.93. The van der Waals surface area contributed by atoms with Crippen LogP contribution in [-0.4, -0.2) is 50.2 Å². The summed E-state index contributed by atoms with van der Waals surface area (Å²) in [5.74, 6) is 0.318. The van der Waals surface area contributed by atoms with Crippen LogP contribution in [0.4, 0.5) is 0 Å². The number of aryl methyl sites for hydroxylation is 2. The first kappa shape index (κ1) is 15.6. The predicted molar refractivity (Wildman–Crippen MR) is 89.8 cm³/mol. The Balaban J connectivity index is 1.65. The fourth-order valence-electron chi connectivity index (χ4n) is 5.01. The van der Waals surface area contributed by atoms with E-state index >= 15 is 0 Å². The maximum absolute atomic E-state index is 13.0. The van der Waals surface area contributed by atoms with Crippen LogP contribution < -0.4 is 0 Å². The van der Waals surface area contributed by atoms with Crippen LogP contribution in [0.2, 0.25) is 0 Å². The molecule has 0 spiro atoms. The fourth-order valence-corrected chi connectivity index (χ4v) is 5.01. The molecule has 6 nitrogen and oxygen atoms in total. The van der Waals surface area contributed by atoms with Gasteiger partial charge in [-0.3, -0.25) is 4.79 Å². The van der Waals surface area contributed by atoms with Crippen molar-refractivity contribution in [3.05, 3.63) is 29.2 Å². The molecular formula is C18H24N4O2. The van der Waals surface area contributed by atoms with E-state index in [2.05, 4.69) is 23.9 Å². The Hall–Kier alpha value is -1.95. The molecule has 2 aromatic heterocycles. The quantitative estimate of drug-likeness (QED) is 0.913. The maximum Gasteiger partial charge on any atom is 0.272 e. The summed E-state index contributed by atoms with van der Waals surface area (Å²) in [4.78, 5) is 19.4. The molecule has 2 atom stereocenters. The number of hydrogen-bond acceptors (Lipinski definition) is 4. The number of aliphatic hydroxyl groups excluding tert-OH is 1. The molecule has 1 amide bonds. The molecule has 2 aliphatic rings. The van der Waals surface area contributed by atoms with Crippen LogP contribution in [0.3, 0.4) is 0 Å². The minimum Gasteiger partial charge on any atom is -0.396 e. The molecule has 3 heterocycles. The van der Waals surface area contributed by atoms with Crippen molar-refractivity contribution in [2.24, 2.45) is 16.7 Å². The van der Waals surface area contributed by atoms with E-state index in [4.69, 9.17) is 0 Å². The van der Waals surface area contributed by atoms with Crippen molar-refractivity contribution in [1.29, 1.82) is 0 Å². The van der Waals surface area contributed by atoms with E-state index in [-0.39, 0.29) is 23.3 Å². The predicted octanol–water partition coefficient (Wildman–Crippen LogP) is 1.83. The van der Waals surface area contributed by atoms with Crippen LogP contribution in [0.25, 0.3) is 5.65 Å². The van der Waals surface area contributed by atoms with Crippen molar-refractivity contribution in [1.82, 2.24) is 19.5 Å². The zero-order chi connectivity index (χ0) is 17.3. The first-order chi connectivity index (χ1) is 11.3. The fraction of sp³-hybridized carbons (Fsp3) is 0.611. The van der Waals surface area contributed by atoms with Crippen molar-refractivity contribution >= 4 is 11.6 Å². The number of aliphatic hydroxyl groups is 1. The largest absolute Gasteiger partial charge is 0.396 e. The smallest absolute Gasteiger partial charge is 0.272 e. The molecule has 0 unspecified atom stereocenters. The second-order valence-corrected chi connectivity index (χ2v) is 8.26. The Morgan fingerprint density at radius 2 is 2.12 bits per heavy atom. The molecule has 0 bridgehead atoms. The SMILES string of the molecule is Cc1cc2nc(C(=O)N3C[C@@H]4C(C)(C)C[C@]4(CO)C3)cc(C)n2n1. The van der Waals surface area contributed by atoms with Crippen molar-refractivity contribution in [3.8, 4) is 0 Å². The first-order valence-corrected chi connectivity index (χ1v) is 8.50. The molecule has 0 radical (unpaired) electrons. The Labute approximate surface area is 141 Å². The lowest BCUT2D eigenvalue weighted by Crippen LogP contribution is -2.54. The van der Waals surface area contributed by atoms with Gasteiger partial charge in [-0.05, 0) is 37.7 Å². The van der Waals surface area contributed by atoms with Gasteiger partial charge in [-0.1, -0.05) is 13.8 Å². The van der Waals surface area contributed by atoms with E-state index in [1.165, 1.54) is 0 Å². The van der Waals surface area contributed by atoms with E-state index < -0.39 is 0 Å². The van der Waals surface area contributed by atoms with E-state index in [0.717, 1.165) is 17.8 Å². The summed E-state index contributed by atoms with van der Waals surface area (Å²) in [6.07, 6.45) is 0.970. The highest BCUT2D eigenvalue weighted by atomic mass is 16.3. The van der Waals surface area contributed by atoms with Gasteiger partial charge in [0.05, 0.1) is 12.3 Å². The average molecular weight is 328 g/mol. The number of carbonyl (C=O) groups excluding carboxylic acids is 1. The van der Waals surface area contributed by atoms with Gasteiger partial charge in [0.25, 0.3) is 5.91 Å². The summed E-state index contributed by atoms with van der Waals surface area (Å²) in [5.41, 5.74) is 3.02. The Bertz CT molecular complexity index is 841. The molecular weight excluding hydrogens is 304 g/mol. The second kappa shape index (κ2) is 4.79. The zero-order valence-electron chi connectivity index (χ0n) is 14.7. The van der Waals surface area contributed by atoms with Crippen molar-refractivity contribution in [3.63, 3.8) is 0 Å². The Kier molecular flexibility index (Phi) is 3.10. The van der Waals surface area contributed by atoms with Crippen LogP contribution >= 0.6 is 0 Å². The van der Waals surface area contributed by atoms with Gasteiger partial charge in [0, 0.05) is 30.3 Å². The van der Waals surface area contributed by atoms with Crippen LogP contribution in [0, 0.1) is 30.6 Å². The van der Waals surface area contributed by atoms with E-state index in [1.807, 2.05) is 24.8 Å². The lowest BCUT2D eigenvalue weighted by molar-refractivity contribution is -0.0977. The van der Waals surface area contributed by atoms with Gasteiger partial charge in [0.15, 0.2) is 5.65 Å². The molecule has 24 heavy (non-hydrogen) atoms. The van der Waals surface area contributed by atoms with Crippen LogP contribution in [0.5, 0.6) is 0 Å². The third kappa shape index (κ3) is 2.02. The number of carbonyl (C=O) groups is 1. The van der Waals surface area contributed by atoms with Crippen molar-refractivity contribution in [2.75, 3.05) is 19.7 Å². The molecule has 1 saturated carbocycles. The minimum atomic E-state index is -0.120. The number of fused-ring (bicyclic) bond motifs is 2. The number of hydrogen-bond donors (Lipinski definition) is 1. The summed E-state index contributed by atoms with van der Waals surface area (Å²) in [7, 11) is 0. The summed E-state index contributed by atoms with van der Waals surface area (Å²) in [6.45, 7) is 9.78. The van der Waals surface area contributed by atoms with Crippen LogP contribution in [0.15, 0.2) is 12.1 Å². The van der Waals surface area contributed by atoms with E-state index in [1.54, 1.807) is 10.6 Å². The number of aromatic nitrogens is 3. The molecule has 1 N–H and O–H groups in total. The summed E-state index contributed by atoms with van der Waals surface area (Å²) < 4.78 is 1.76. The average Bonchev–Trinajstić information content (AvgIpc) is 3.05. The summed E-state index contributed by atoms with van der Waals surface area (Å²) in [6, 6.07) is 3.69. The normalized spacial score (nSPS) is 28.0. The van der Waals surface area contributed by atoms with Crippen molar-refractivity contribution < 1.29 is 9.90 Å². The lowest BCUT2D eigenvalue weighted by Gasteiger charge is -2.55. The van der Waals surface area contributed by atoms with Gasteiger partial charge in [0.1, 0.15) is 5.69 Å². The van der Waals surface area contributed by atoms with E-state index in [9.17, 15) is 9.90 Å². The third-order valence-corrected chi connectivity index (χ3v) is 5.95. The minimum absolute atomic E-state index is 0.0440. The zero-order valence-corrected chi connectivity index (χ0v) is 14.7. The standard InChI is InChI=1S/C18H24N4O2/c1-11-5-15-19-13(6-12(2)22(15)20-11)16(24)21-7-14-17(3,4)8-18(14,9-21)10-23/h5-6,14,23H,7-10H2,1-4H3/t14-,18-/m1/s1. The second-order valence-electron chi connectivity index (χ2n) is 8.26. The van der Waals surface area contributed by atoms with Gasteiger partial charge in [-0.25, -0.2) is 9.50 Å². The highest BCUT2D eigenvalue weighted by Crippen LogP contribution is 2.62. The number of rotatable bonds is 2. The summed E-state index contributed by atoms with van der Waals surface area (Å²) in [5, 5.41) is 14.3. The Morgan fingerprint density at radius 3 is 2.75 bits per heavy atom. The molecule has 0 aromatic carbocycles. The lowest BCUT2D eigenvalue weighted by atomic mass is 9.48. The van der Waals surface area contributed by atoms with Gasteiger partial charge < -0.3 is 10.0 Å². The molecule has 6 heteroatoms. The van der Waals surface area contributed by atoms with Gasteiger partial charge in [0.2, 0.25) is 0 Å². The van der Waals surface area contributed by atoms with Gasteiger partial charge >= 0.3 is 0 Å². The van der Waals surface area contributed by atoms with Crippen molar-refractivity contribution in [2.45, 2.75) is 34.1 Å². The van der Waals surface area contributed by atoms with Crippen LogP contribution in [0.1, 0.15) is 42.1 Å². The molecule has 2 fully saturated rings. The number of nitrogens with zero attached hydrogens (tertiary/aromatic N) is 4. The van der Waals surface area contributed by atoms with E-state index in [0.29, 0.717) is 30.3 Å². The first-order valence-electron chi connectivity index (χ1n) is 8.50. The van der Waals surface area contributed by atoms with Crippen LogP contribution in [-0.2, 0) is 0 Å². The highest BCUT2D eigenvalue weighted by Gasteiger charge is 2.63. The molecule has 128 valence electrons. The molecule has 1 aliphatic heterocycles. The summed E-state index contributed by atoms with van der Waals surface area (Å²) >= 11 is 0. The van der Waals surface area contributed by atoms with Gasteiger partial charge in [-0.15, -0.1) is 0 Å². The monoisotopic (exact) mass is 328 g/mol.